The number of ether oxygens (including phenoxy) is 1. The highest BCUT2D eigenvalue weighted by molar-refractivity contribution is 8.27. The molecule has 0 saturated carbocycles. The molecule has 4 rings (SSSR count). The number of amides is 1. The van der Waals surface area contributed by atoms with Crippen molar-refractivity contribution in [2.24, 2.45) is 0 Å². The van der Waals surface area contributed by atoms with Crippen LogP contribution >= 0.6 is 35.6 Å². The van der Waals surface area contributed by atoms with E-state index in [-0.39, 0.29) is 24.0 Å². The highest BCUT2D eigenvalue weighted by Gasteiger charge is 2.33. The predicted octanol–water partition coefficient (Wildman–Crippen LogP) is 6.37. The topological polar surface area (TPSA) is 72.7 Å². The highest BCUT2D eigenvalue weighted by atomic mass is 35.5. The first kappa shape index (κ1) is 22.9. The summed E-state index contributed by atoms with van der Waals surface area (Å²) in [6.07, 6.45) is 1.52. The lowest BCUT2D eigenvalue weighted by Crippen LogP contribution is -2.27. The number of carbonyl (C=O) groups excluding carboxylic acids is 1. The van der Waals surface area contributed by atoms with Crippen LogP contribution in [0.1, 0.15) is 11.1 Å². The molecule has 1 fully saturated rings. The third-order valence-corrected chi connectivity index (χ3v) is 6.23. The summed E-state index contributed by atoms with van der Waals surface area (Å²) >= 11 is 12.4. The predicted molar refractivity (Wildman–Crippen MR) is 131 cm³/mol. The summed E-state index contributed by atoms with van der Waals surface area (Å²) in [7, 11) is 0. The molecule has 1 aliphatic heterocycles. The van der Waals surface area contributed by atoms with Crippen LogP contribution in [0.3, 0.4) is 0 Å². The number of hydrogen-bond donors (Lipinski definition) is 0. The molecule has 10 heteroatoms. The molecule has 0 bridgehead atoms. The van der Waals surface area contributed by atoms with Crippen LogP contribution in [0.25, 0.3) is 6.08 Å². The Hall–Kier alpha value is -3.27. The average Bonchev–Trinajstić information content (AvgIpc) is 3.07. The van der Waals surface area contributed by atoms with Crippen LogP contribution in [0.15, 0.2) is 71.6 Å². The minimum Gasteiger partial charge on any atom is -0.488 e. The largest absolute Gasteiger partial charge is 0.488 e. The number of nitro groups is 1. The number of thioether (sulfide) groups is 1. The van der Waals surface area contributed by atoms with E-state index in [1.54, 1.807) is 36.4 Å². The van der Waals surface area contributed by atoms with Gasteiger partial charge in [0.1, 0.15) is 18.2 Å². The number of rotatable bonds is 6. The van der Waals surface area contributed by atoms with Crippen molar-refractivity contribution in [1.29, 1.82) is 0 Å². The van der Waals surface area contributed by atoms with E-state index in [1.165, 1.54) is 41.3 Å². The first-order valence-corrected chi connectivity index (χ1v) is 11.1. The minimum absolute atomic E-state index is 0.116. The number of nitro benzene ring substituents is 1. The zero-order valence-electron chi connectivity index (χ0n) is 16.7. The second-order valence-electron chi connectivity index (χ2n) is 6.89. The molecule has 166 valence electrons. The maximum atomic E-state index is 13.1. The third-order valence-electron chi connectivity index (χ3n) is 4.68. The van der Waals surface area contributed by atoms with E-state index in [1.807, 2.05) is 0 Å². The van der Waals surface area contributed by atoms with Crippen LogP contribution in [-0.4, -0.2) is 15.2 Å². The summed E-state index contributed by atoms with van der Waals surface area (Å²) in [6, 6.07) is 16.6. The van der Waals surface area contributed by atoms with Crippen LogP contribution in [-0.2, 0) is 11.4 Å². The van der Waals surface area contributed by atoms with Gasteiger partial charge in [-0.2, -0.15) is 0 Å². The molecule has 1 aliphatic rings. The summed E-state index contributed by atoms with van der Waals surface area (Å²) in [4.78, 5) is 25.5. The van der Waals surface area contributed by atoms with Crippen LogP contribution in [0.4, 0.5) is 15.8 Å². The van der Waals surface area contributed by atoms with Gasteiger partial charge in [-0.15, -0.1) is 0 Å². The Labute approximate surface area is 202 Å². The Morgan fingerprint density at radius 3 is 2.48 bits per heavy atom. The molecular formula is C23H14ClFN2O4S2. The molecule has 0 aromatic heterocycles. The van der Waals surface area contributed by atoms with E-state index in [9.17, 15) is 19.3 Å². The van der Waals surface area contributed by atoms with Gasteiger partial charge in [0.15, 0.2) is 4.32 Å². The van der Waals surface area contributed by atoms with Crippen molar-refractivity contribution in [3.8, 4) is 5.75 Å². The number of anilines is 1. The first-order chi connectivity index (χ1) is 15.8. The molecule has 1 amide bonds. The van der Waals surface area contributed by atoms with Gasteiger partial charge in [0.2, 0.25) is 0 Å². The molecule has 1 heterocycles. The third kappa shape index (κ3) is 5.22. The standard InChI is InChI=1S/C23H14ClFN2O4S2/c24-16-3-7-18(8-4-16)26-22(28)21(33-23(26)32)12-15-11-19(27(29)30)9-10-20(15)31-13-14-1-5-17(25)6-2-14/h1-12H,13H2/b21-12+. The number of halogens is 2. The fourth-order valence-corrected chi connectivity index (χ4v) is 4.47. The molecule has 0 spiro atoms. The fourth-order valence-electron chi connectivity index (χ4n) is 3.06. The van der Waals surface area contributed by atoms with Crippen molar-refractivity contribution in [3.63, 3.8) is 0 Å². The Morgan fingerprint density at radius 1 is 1.12 bits per heavy atom. The summed E-state index contributed by atoms with van der Waals surface area (Å²) in [5, 5.41) is 11.8. The van der Waals surface area contributed by atoms with Gasteiger partial charge in [-0.25, -0.2) is 4.39 Å². The molecule has 33 heavy (non-hydrogen) atoms. The van der Waals surface area contributed by atoms with Gasteiger partial charge in [0, 0.05) is 22.7 Å². The lowest BCUT2D eigenvalue weighted by molar-refractivity contribution is -0.384. The molecule has 0 N–H and O–H groups in total. The highest BCUT2D eigenvalue weighted by Crippen LogP contribution is 2.38. The van der Waals surface area contributed by atoms with E-state index < -0.39 is 4.92 Å². The van der Waals surface area contributed by atoms with E-state index in [4.69, 9.17) is 28.6 Å². The Bertz CT molecular complexity index is 1280. The monoisotopic (exact) mass is 500 g/mol. The molecule has 0 atom stereocenters. The quantitative estimate of drug-likeness (QED) is 0.169. The van der Waals surface area contributed by atoms with E-state index in [0.29, 0.717) is 31.2 Å². The molecule has 3 aromatic rings. The van der Waals surface area contributed by atoms with Crippen molar-refractivity contribution in [2.45, 2.75) is 6.61 Å². The summed E-state index contributed by atoms with van der Waals surface area (Å²) in [6.45, 7) is 0.116. The van der Waals surface area contributed by atoms with Crippen LogP contribution < -0.4 is 9.64 Å². The lowest BCUT2D eigenvalue weighted by Gasteiger charge is -2.14. The minimum atomic E-state index is -0.528. The summed E-state index contributed by atoms with van der Waals surface area (Å²) in [5.74, 6) is -0.387. The zero-order valence-corrected chi connectivity index (χ0v) is 19.1. The lowest BCUT2D eigenvalue weighted by atomic mass is 10.1. The van der Waals surface area contributed by atoms with Gasteiger partial charge in [-0.1, -0.05) is 47.7 Å². The average molecular weight is 501 g/mol. The number of non-ortho nitro benzene ring substituents is 1. The molecule has 3 aromatic carbocycles. The number of carbonyl (C=O) groups is 1. The van der Waals surface area contributed by atoms with E-state index in [0.717, 1.165) is 17.3 Å². The van der Waals surface area contributed by atoms with Crippen molar-refractivity contribution >= 4 is 63.3 Å². The fraction of sp³-hybridized carbons (Fsp3) is 0.0435. The van der Waals surface area contributed by atoms with Gasteiger partial charge < -0.3 is 4.74 Å². The summed E-state index contributed by atoms with van der Waals surface area (Å²) in [5.41, 5.74) is 1.48. The van der Waals surface area contributed by atoms with E-state index >= 15 is 0 Å². The molecule has 6 nitrogen and oxygen atoms in total. The smallest absolute Gasteiger partial charge is 0.270 e. The van der Waals surface area contributed by atoms with Crippen LogP contribution in [0.5, 0.6) is 5.75 Å². The van der Waals surface area contributed by atoms with Gasteiger partial charge in [0.05, 0.1) is 15.5 Å². The van der Waals surface area contributed by atoms with Gasteiger partial charge in [0.25, 0.3) is 11.6 Å². The van der Waals surface area contributed by atoms with Gasteiger partial charge >= 0.3 is 0 Å². The van der Waals surface area contributed by atoms with E-state index in [2.05, 4.69) is 0 Å². The SMILES string of the molecule is O=C1/C(=C\c2cc([N+](=O)[O-])ccc2OCc2ccc(F)cc2)SC(=S)N1c1ccc(Cl)cc1. The molecular weight excluding hydrogens is 487 g/mol. The van der Waals surface area contributed by atoms with Crippen molar-refractivity contribution < 1.29 is 18.8 Å². The number of thiocarbonyl (C=S) groups is 1. The van der Waals surface area contributed by atoms with Crippen molar-refractivity contribution in [3.05, 3.63) is 104 Å². The number of benzene rings is 3. The van der Waals surface area contributed by atoms with Crippen molar-refractivity contribution in [1.82, 2.24) is 0 Å². The van der Waals surface area contributed by atoms with Gasteiger partial charge in [-0.3, -0.25) is 19.8 Å². The molecule has 0 aliphatic carbocycles. The Kier molecular flexibility index (Phi) is 6.73. The summed E-state index contributed by atoms with van der Waals surface area (Å²) < 4.78 is 19.3. The number of nitrogens with zero attached hydrogens (tertiary/aromatic N) is 2. The van der Waals surface area contributed by atoms with Crippen LogP contribution in [0, 0.1) is 15.9 Å². The van der Waals surface area contributed by atoms with Crippen molar-refractivity contribution in [2.75, 3.05) is 4.90 Å². The second kappa shape index (κ2) is 9.70. The van der Waals surface area contributed by atoms with Crippen LogP contribution in [0.2, 0.25) is 5.02 Å². The maximum absolute atomic E-state index is 13.1. The molecule has 0 radical (unpaired) electrons. The second-order valence-corrected chi connectivity index (χ2v) is 9.00. The molecule has 0 unspecified atom stereocenters. The Morgan fingerprint density at radius 2 is 1.82 bits per heavy atom. The normalized spacial score (nSPS) is 14.7. The maximum Gasteiger partial charge on any atom is 0.270 e. The first-order valence-electron chi connectivity index (χ1n) is 9.51. The number of hydrogen-bond acceptors (Lipinski definition) is 6. The molecule has 1 saturated heterocycles. The zero-order chi connectivity index (χ0) is 23.5. The van der Waals surface area contributed by atoms with Gasteiger partial charge in [-0.05, 0) is 54.1 Å². The Balaban J connectivity index is 1.65.